The van der Waals surface area contributed by atoms with Crippen LogP contribution >= 0.6 is 0 Å². The molecular weight excluding hydrogens is 783 g/mol. The van der Waals surface area contributed by atoms with Crippen molar-refractivity contribution in [3.63, 3.8) is 0 Å². The average molecular weight is 840 g/mol. The minimum absolute atomic E-state index is 0.0622. The van der Waals surface area contributed by atoms with Gasteiger partial charge in [-0.25, -0.2) is 0 Å². The highest BCUT2D eigenvalue weighted by Crippen LogP contribution is 2.52. The van der Waals surface area contributed by atoms with Gasteiger partial charge in [-0.05, 0) is 129 Å². The molecule has 3 heterocycles. The average Bonchev–Trinajstić information content (AvgIpc) is 3.54. The number of methoxy groups -OCH3 is 4. The van der Waals surface area contributed by atoms with Gasteiger partial charge in [0.05, 0.1) is 46.2 Å². The Morgan fingerprint density at radius 3 is 1.89 bits per heavy atom. The van der Waals surface area contributed by atoms with Gasteiger partial charge in [0.25, 0.3) is 11.8 Å². The monoisotopic (exact) mass is 839 g/mol. The lowest BCUT2D eigenvalue weighted by Crippen LogP contribution is -2.34. The standard InChI is InChI=1S/C51H57N3O8/c1-52-24-21-35-30-44(58-4)45(32-39(35)40(52)27-33-15-9-7-10-16-33)62-49-47-36(31-46(59-5)48(49)60-6)22-25-53(2)41(47)28-34-19-20-42(43(29-34)57-3)61-26-14-8-13-23-54-50(55)37-17-11-12-18-38(37)51(54)56/h7,9-12,15-20,29-32,40-41H,8,13-14,21-28H2,1-6H3. The third-order valence-corrected chi connectivity index (χ3v) is 12.7. The number of amides is 2. The molecule has 3 aliphatic heterocycles. The summed E-state index contributed by atoms with van der Waals surface area (Å²) in [4.78, 5) is 31.6. The zero-order valence-electron chi connectivity index (χ0n) is 36.7. The predicted octanol–water partition coefficient (Wildman–Crippen LogP) is 8.90. The summed E-state index contributed by atoms with van der Waals surface area (Å²) in [6, 6.07) is 30.3. The van der Waals surface area contributed by atoms with E-state index < -0.39 is 0 Å². The highest BCUT2D eigenvalue weighted by molar-refractivity contribution is 6.21. The van der Waals surface area contributed by atoms with Crippen molar-refractivity contribution in [1.82, 2.24) is 14.7 Å². The van der Waals surface area contributed by atoms with Crippen LogP contribution < -0.4 is 28.4 Å². The zero-order valence-corrected chi connectivity index (χ0v) is 36.7. The fourth-order valence-electron chi connectivity index (χ4n) is 9.27. The smallest absolute Gasteiger partial charge is 0.261 e. The highest BCUT2D eigenvalue weighted by atomic mass is 16.5. The van der Waals surface area contributed by atoms with E-state index in [4.69, 9.17) is 28.4 Å². The van der Waals surface area contributed by atoms with E-state index in [9.17, 15) is 9.59 Å². The summed E-state index contributed by atoms with van der Waals surface area (Å²) in [6.07, 6.45) is 5.58. The molecule has 0 aliphatic carbocycles. The number of nitrogens with zero attached hydrogens (tertiary/aromatic N) is 3. The lowest BCUT2D eigenvalue weighted by Gasteiger charge is -2.37. The van der Waals surface area contributed by atoms with Crippen molar-refractivity contribution in [3.05, 3.63) is 136 Å². The molecule has 11 heteroatoms. The molecule has 324 valence electrons. The van der Waals surface area contributed by atoms with Gasteiger partial charge < -0.3 is 28.4 Å². The molecule has 2 amide bonds. The maximum absolute atomic E-state index is 12.7. The lowest BCUT2D eigenvalue weighted by molar-refractivity contribution is 0.0651. The number of imide groups is 1. The summed E-state index contributed by atoms with van der Waals surface area (Å²) < 4.78 is 37.3. The second-order valence-corrected chi connectivity index (χ2v) is 16.4. The number of fused-ring (bicyclic) bond motifs is 3. The van der Waals surface area contributed by atoms with Gasteiger partial charge in [0.1, 0.15) is 0 Å². The first-order valence-electron chi connectivity index (χ1n) is 21.6. The molecule has 2 atom stereocenters. The van der Waals surface area contributed by atoms with Gasteiger partial charge >= 0.3 is 0 Å². The Morgan fingerprint density at radius 2 is 1.19 bits per heavy atom. The molecule has 0 radical (unpaired) electrons. The van der Waals surface area contributed by atoms with Crippen molar-refractivity contribution < 1.29 is 38.0 Å². The predicted molar refractivity (Wildman–Crippen MR) is 239 cm³/mol. The summed E-state index contributed by atoms with van der Waals surface area (Å²) in [7, 11) is 11.0. The van der Waals surface area contributed by atoms with Gasteiger partial charge in [0, 0.05) is 37.3 Å². The van der Waals surface area contributed by atoms with Gasteiger partial charge in [-0.15, -0.1) is 0 Å². The van der Waals surface area contributed by atoms with Gasteiger partial charge in [0.15, 0.2) is 34.5 Å². The fraction of sp³-hybridized carbons (Fsp3) is 0.373. The van der Waals surface area contributed by atoms with E-state index in [0.717, 1.165) is 61.9 Å². The summed E-state index contributed by atoms with van der Waals surface area (Å²) in [5.74, 6) is 3.98. The number of hydrogen-bond acceptors (Lipinski definition) is 10. The van der Waals surface area contributed by atoms with Crippen LogP contribution in [0.1, 0.15) is 85.4 Å². The molecule has 8 rings (SSSR count). The first-order chi connectivity index (χ1) is 30.2. The maximum Gasteiger partial charge on any atom is 0.261 e. The first-order valence-corrected chi connectivity index (χ1v) is 21.6. The number of likely N-dealkylation sites (N-methyl/N-ethyl adjacent to an activating group) is 2. The Bertz CT molecular complexity index is 2380. The molecule has 3 aliphatic rings. The third kappa shape index (κ3) is 8.56. The van der Waals surface area contributed by atoms with Crippen LogP contribution in [0.5, 0.6) is 40.2 Å². The second kappa shape index (κ2) is 18.9. The Hall–Kier alpha value is -6.04. The molecule has 62 heavy (non-hydrogen) atoms. The largest absolute Gasteiger partial charge is 0.493 e. The Kier molecular flexibility index (Phi) is 13.0. The summed E-state index contributed by atoms with van der Waals surface area (Å²) >= 11 is 0. The quantitative estimate of drug-likeness (QED) is 0.0667. The van der Waals surface area contributed by atoms with Crippen LogP contribution in [0.15, 0.2) is 91.0 Å². The molecule has 0 fully saturated rings. The van der Waals surface area contributed by atoms with Crippen LogP contribution in [0, 0.1) is 0 Å². The first kappa shape index (κ1) is 42.6. The van der Waals surface area contributed by atoms with Gasteiger partial charge in [-0.2, -0.15) is 0 Å². The number of benzene rings is 5. The van der Waals surface area contributed by atoms with Crippen LogP contribution in [-0.2, 0) is 25.7 Å². The van der Waals surface area contributed by atoms with Crippen molar-refractivity contribution in [2.24, 2.45) is 0 Å². The molecule has 0 aromatic heterocycles. The fourth-order valence-corrected chi connectivity index (χ4v) is 9.27. The van der Waals surface area contributed by atoms with E-state index in [-0.39, 0.29) is 23.9 Å². The minimum Gasteiger partial charge on any atom is -0.493 e. The second-order valence-electron chi connectivity index (χ2n) is 16.4. The Balaban J connectivity index is 1.01. The van der Waals surface area contributed by atoms with E-state index in [1.54, 1.807) is 52.7 Å². The van der Waals surface area contributed by atoms with Crippen molar-refractivity contribution in [2.75, 3.05) is 68.8 Å². The highest BCUT2D eigenvalue weighted by Gasteiger charge is 2.36. The summed E-state index contributed by atoms with van der Waals surface area (Å²) in [5.41, 5.74) is 8.04. The van der Waals surface area contributed by atoms with Crippen LogP contribution in [0.25, 0.3) is 0 Å². The van der Waals surface area contributed by atoms with Gasteiger partial charge in [0.2, 0.25) is 5.75 Å². The molecule has 2 unspecified atom stereocenters. The molecule has 0 saturated carbocycles. The van der Waals surface area contributed by atoms with Crippen molar-refractivity contribution in [2.45, 2.75) is 57.0 Å². The number of hydrogen-bond donors (Lipinski definition) is 0. The molecule has 0 saturated heterocycles. The van der Waals surface area contributed by atoms with Crippen LogP contribution in [0.3, 0.4) is 0 Å². The van der Waals surface area contributed by atoms with Crippen LogP contribution in [0.2, 0.25) is 0 Å². The number of carbonyl (C=O) groups excluding carboxylic acids is 2. The summed E-state index contributed by atoms with van der Waals surface area (Å²) in [6.45, 7) is 2.69. The maximum atomic E-state index is 12.7. The van der Waals surface area contributed by atoms with Crippen molar-refractivity contribution in [1.29, 1.82) is 0 Å². The topological polar surface area (TPSA) is 99.2 Å². The van der Waals surface area contributed by atoms with Gasteiger partial charge in [-0.3, -0.25) is 24.3 Å². The van der Waals surface area contributed by atoms with E-state index in [0.29, 0.717) is 77.4 Å². The molecule has 0 N–H and O–H groups in total. The Morgan fingerprint density at radius 1 is 0.565 bits per heavy atom. The van der Waals surface area contributed by atoms with Gasteiger partial charge in [-0.1, -0.05) is 48.5 Å². The number of carbonyl (C=O) groups is 2. The number of rotatable bonds is 17. The minimum atomic E-state index is -0.215. The molecule has 0 spiro atoms. The van der Waals surface area contributed by atoms with Crippen molar-refractivity contribution >= 4 is 11.8 Å². The zero-order chi connectivity index (χ0) is 43.3. The van der Waals surface area contributed by atoms with Crippen LogP contribution in [0.4, 0.5) is 0 Å². The normalized spacial score (nSPS) is 17.3. The number of unbranched alkanes of at least 4 members (excludes halogenated alkanes) is 2. The molecule has 11 nitrogen and oxygen atoms in total. The Labute approximate surface area is 365 Å². The van der Waals surface area contributed by atoms with Crippen LogP contribution in [-0.4, -0.2) is 95.3 Å². The molecular formula is C51H57N3O8. The van der Waals surface area contributed by atoms with E-state index in [2.05, 4.69) is 84.6 Å². The molecule has 0 bridgehead atoms. The third-order valence-electron chi connectivity index (χ3n) is 12.7. The number of ether oxygens (including phenoxy) is 6. The lowest BCUT2D eigenvalue weighted by atomic mass is 9.87. The molecule has 5 aromatic carbocycles. The van der Waals surface area contributed by atoms with E-state index >= 15 is 0 Å². The molecule has 5 aromatic rings. The van der Waals surface area contributed by atoms with E-state index in [1.165, 1.54) is 21.6 Å². The SMILES string of the molecule is COc1cc(CC2c3c(cc(OC)c(OC)c3Oc3cc4c(cc3OC)CCN(C)C4Cc3ccccc3)CCN2C)ccc1OCCCCCN1C(=O)c2ccccc2C1=O. The van der Waals surface area contributed by atoms with Crippen molar-refractivity contribution in [3.8, 4) is 40.2 Å². The summed E-state index contributed by atoms with van der Waals surface area (Å²) in [5, 5.41) is 0. The van der Waals surface area contributed by atoms with E-state index in [1.807, 2.05) is 6.07 Å².